The van der Waals surface area contributed by atoms with E-state index in [0.717, 1.165) is 103 Å². The minimum absolute atomic E-state index is 0.105. The van der Waals surface area contributed by atoms with Crippen LogP contribution in [0.15, 0.2) is 109 Å². The normalized spacial score (nSPS) is 13.0. The molecular weight excluding hydrogens is 781 g/mol. The summed E-state index contributed by atoms with van der Waals surface area (Å²) in [6, 6.07) is 0. The number of rotatable bonds is 44. The van der Waals surface area contributed by atoms with Crippen LogP contribution in [0.1, 0.15) is 213 Å². The Labute approximate surface area is 387 Å². The number of carbonyl (C=O) groups is 3. The minimum atomic E-state index is -0.811. The smallest absolute Gasteiger partial charge is 0.306 e. The zero-order chi connectivity index (χ0) is 45.8. The van der Waals surface area contributed by atoms with E-state index in [2.05, 4.69) is 93.7 Å². The molecule has 0 aliphatic rings. The number of carbonyl (C=O) groups excluding carboxylic acids is 3. The van der Waals surface area contributed by atoms with Gasteiger partial charge in [-0.15, -0.1) is 0 Å². The Bertz CT molecular complexity index is 1330. The summed E-state index contributed by atoms with van der Waals surface area (Å²) in [4.78, 5) is 37.9. The van der Waals surface area contributed by atoms with Crippen LogP contribution in [0.2, 0.25) is 0 Å². The number of unbranched alkanes of at least 4 members (excludes halogenated alkanes) is 18. The fraction of sp³-hybridized carbons (Fsp3) is 0.632. The van der Waals surface area contributed by atoms with Gasteiger partial charge in [-0.05, 0) is 83.5 Å². The molecule has 0 aromatic rings. The quantitative estimate of drug-likeness (QED) is 0.0199. The Morgan fingerprint density at radius 3 is 1.16 bits per heavy atom. The van der Waals surface area contributed by atoms with Crippen molar-refractivity contribution in [3.05, 3.63) is 109 Å². The van der Waals surface area contributed by atoms with Crippen molar-refractivity contribution in [2.24, 2.45) is 0 Å². The summed E-state index contributed by atoms with van der Waals surface area (Å²) in [5.74, 6) is -0.984. The molecule has 0 saturated heterocycles. The van der Waals surface area contributed by atoms with E-state index in [1.165, 1.54) is 64.2 Å². The first kappa shape index (κ1) is 59.1. The van der Waals surface area contributed by atoms with Crippen LogP contribution in [0.5, 0.6) is 0 Å². The van der Waals surface area contributed by atoms with Gasteiger partial charge in [0.15, 0.2) is 6.10 Å². The van der Waals surface area contributed by atoms with Gasteiger partial charge in [0.2, 0.25) is 0 Å². The molecule has 0 rings (SSSR count). The molecular formula is C57H92O6. The van der Waals surface area contributed by atoms with E-state index in [4.69, 9.17) is 14.2 Å². The molecule has 6 nitrogen and oxygen atoms in total. The predicted molar refractivity (Wildman–Crippen MR) is 270 cm³/mol. The molecule has 6 heteroatoms. The Hall–Kier alpha value is -3.93. The fourth-order valence-electron chi connectivity index (χ4n) is 6.60. The lowest BCUT2D eigenvalue weighted by Crippen LogP contribution is -2.30. The van der Waals surface area contributed by atoms with Crippen LogP contribution in [0, 0.1) is 0 Å². The van der Waals surface area contributed by atoms with Gasteiger partial charge in [-0.2, -0.15) is 0 Å². The van der Waals surface area contributed by atoms with E-state index >= 15 is 0 Å². The van der Waals surface area contributed by atoms with Crippen LogP contribution >= 0.6 is 0 Å². The summed E-state index contributed by atoms with van der Waals surface area (Å²) < 4.78 is 16.7. The monoisotopic (exact) mass is 873 g/mol. The molecule has 0 amide bonds. The average molecular weight is 873 g/mol. The topological polar surface area (TPSA) is 78.9 Å². The first-order valence-electron chi connectivity index (χ1n) is 25.4. The summed E-state index contributed by atoms with van der Waals surface area (Å²) in [5.41, 5.74) is 0. The van der Waals surface area contributed by atoms with Crippen LogP contribution in [0.25, 0.3) is 0 Å². The van der Waals surface area contributed by atoms with Gasteiger partial charge in [0.05, 0.1) is 0 Å². The SMILES string of the molecule is CC\C=C/C=C\C=C/C=C\CCCCCC(=O)OC(COC(=O)CCCCC/C=C\C/C=C\C/C=C\C/C=C\C/C=C\CC)COC(=O)CCCCCCCCCCCCCCC. The van der Waals surface area contributed by atoms with Gasteiger partial charge in [-0.3, -0.25) is 14.4 Å². The molecule has 1 atom stereocenters. The molecule has 0 radical (unpaired) electrons. The zero-order valence-corrected chi connectivity index (χ0v) is 40.5. The van der Waals surface area contributed by atoms with Crippen LogP contribution in [0.3, 0.4) is 0 Å². The third-order valence-electron chi connectivity index (χ3n) is 10.4. The van der Waals surface area contributed by atoms with E-state index in [1.807, 2.05) is 36.5 Å². The van der Waals surface area contributed by atoms with Crippen LogP contribution < -0.4 is 0 Å². The van der Waals surface area contributed by atoms with E-state index in [-0.39, 0.29) is 37.5 Å². The highest BCUT2D eigenvalue weighted by atomic mass is 16.6. The van der Waals surface area contributed by atoms with Crippen molar-refractivity contribution in [2.75, 3.05) is 13.2 Å². The van der Waals surface area contributed by atoms with Gasteiger partial charge >= 0.3 is 17.9 Å². The fourth-order valence-corrected chi connectivity index (χ4v) is 6.60. The number of hydrogen-bond acceptors (Lipinski definition) is 6. The van der Waals surface area contributed by atoms with Gasteiger partial charge in [0.1, 0.15) is 13.2 Å². The Morgan fingerprint density at radius 1 is 0.349 bits per heavy atom. The van der Waals surface area contributed by atoms with Crippen LogP contribution in [0.4, 0.5) is 0 Å². The van der Waals surface area contributed by atoms with E-state index in [9.17, 15) is 14.4 Å². The van der Waals surface area contributed by atoms with Crippen molar-refractivity contribution in [2.45, 2.75) is 219 Å². The molecule has 0 fully saturated rings. The maximum absolute atomic E-state index is 12.8. The number of allylic oxidation sites excluding steroid dienone is 18. The molecule has 0 N–H and O–H groups in total. The second-order valence-electron chi connectivity index (χ2n) is 16.4. The highest BCUT2D eigenvalue weighted by Gasteiger charge is 2.19. The Morgan fingerprint density at radius 2 is 0.698 bits per heavy atom. The molecule has 356 valence electrons. The third-order valence-corrected chi connectivity index (χ3v) is 10.4. The van der Waals surface area contributed by atoms with Crippen molar-refractivity contribution in [3.8, 4) is 0 Å². The lowest BCUT2D eigenvalue weighted by atomic mass is 10.0. The predicted octanol–water partition coefficient (Wildman–Crippen LogP) is 16.8. The standard InChI is InChI=1S/C57H92O6/c1-4-7-10-13-16-19-22-25-26-27-28-29-30-33-35-38-41-44-47-50-56(59)62-53-54(63-57(60)51-48-45-42-39-36-32-24-21-18-15-12-9-6-3)52-61-55(58)49-46-43-40-37-34-31-23-20-17-14-11-8-5-2/h7,9-10,12,15-16,18-19,21,24-26,28-29,32-33,35-36,54H,4-6,8,11,13-14,17,20,22-23,27,30-31,34,37-53H2,1-3H3/b10-7-,12-9-,18-15-,19-16-,24-21-,26-25-,29-28-,35-33-,36-32-. The van der Waals surface area contributed by atoms with Crippen molar-refractivity contribution in [1.29, 1.82) is 0 Å². The largest absolute Gasteiger partial charge is 0.462 e. The number of ether oxygens (including phenoxy) is 3. The first-order valence-corrected chi connectivity index (χ1v) is 25.4. The number of hydrogen-bond donors (Lipinski definition) is 0. The second-order valence-corrected chi connectivity index (χ2v) is 16.4. The second kappa shape index (κ2) is 50.7. The number of esters is 3. The van der Waals surface area contributed by atoms with Gasteiger partial charge in [0.25, 0.3) is 0 Å². The minimum Gasteiger partial charge on any atom is -0.462 e. The molecule has 0 aliphatic carbocycles. The molecule has 0 heterocycles. The highest BCUT2D eigenvalue weighted by Crippen LogP contribution is 2.14. The van der Waals surface area contributed by atoms with E-state index < -0.39 is 6.10 Å². The Kier molecular flexibility index (Phi) is 47.5. The Balaban J connectivity index is 4.49. The van der Waals surface area contributed by atoms with Crippen molar-refractivity contribution in [3.63, 3.8) is 0 Å². The molecule has 0 aromatic carbocycles. The van der Waals surface area contributed by atoms with Crippen molar-refractivity contribution >= 4 is 17.9 Å². The highest BCUT2D eigenvalue weighted by molar-refractivity contribution is 5.71. The molecule has 0 aliphatic heterocycles. The molecule has 0 bridgehead atoms. The first-order chi connectivity index (χ1) is 31.0. The van der Waals surface area contributed by atoms with E-state index in [0.29, 0.717) is 19.3 Å². The van der Waals surface area contributed by atoms with Gasteiger partial charge in [-0.1, -0.05) is 220 Å². The molecule has 1 unspecified atom stereocenters. The maximum atomic E-state index is 12.8. The maximum Gasteiger partial charge on any atom is 0.306 e. The lowest BCUT2D eigenvalue weighted by Gasteiger charge is -2.18. The summed E-state index contributed by atoms with van der Waals surface area (Å²) in [5, 5.41) is 0. The van der Waals surface area contributed by atoms with Crippen LogP contribution in [-0.4, -0.2) is 37.2 Å². The molecule has 0 spiro atoms. The van der Waals surface area contributed by atoms with Gasteiger partial charge < -0.3 is 14.2 Å². The molecule has 63 heavy (non-hydrogen) atoms. The van der Waals surface area contributed by atoms with Crippen molar-refractivity contribution < 1.29 is 28.6 Å². The molecule has 0 aromatic heterocycles. The zero-order valence-electron chi connectivity index (χ0n) is 40.5. The summed E-state index contributed by atoms with van der Waals surface area (Å²) in [7, 11) is 0. The van der Waals surface area contributed by atoms with E-state index in [1.54, 1.807) is 0 Å². The van der Waals surface area contributed by atoms with Crippen molar-refractivity contribution in [1.82, 2.24) is 0 Å². The van der Waals surface area contributed by atoms with Crippen LogP contribution in [-0.2, 0) is 28.6 Å². The average Bonchev–Trinajstić information content (AvgIpc) is 3.28. The summed E-state index contributed by atoms with van der Waals surface area (Å²) in [6.07, 6.45) is 67.9. The van der Waals surface area contributed by atoms with Gasteiger partial charge in [-0.25, -0.2) is 0 Å². The lowest BCUT2D eigenvalue weighted by molar-refractivity contribution is -0.167. The third kappa shape index (κ3) is 49.0. The summed E-state index contributed by atoms with van der Waals surface area (Å²) in [6.45, 7) is 6.31. The molecule has 0 saturated carbocycles. The van der Waals surface area contributed by atoms with Gasteiger partial charge in [0, 0.05) is 19.3 Å². The summed E-state index contributed by atoms with van der Waals surface area (Å²) >= 11 is 0.